The molecular weight excluding hydrogens is 446 g/mol. The number of piperidine rings is 1. The van der Waals surface area contributed by atoms with Crippen LogP contribution >= 0.6 is 11.6 Å². The van der Waals surface area contributed by atoms with Crippen LogP contribution in [0.2, 0.25) is 5.02 Å². The minimum Gasteiger partial charge on any atom is -0.495 e. The van der Waals surface area contributed by atoms with Gasteiger partial charge in [0.05, 0.1) is 31.5 Å². The zero-order chi connectivity index (χ0) is 23.5. The van der Waals surface area contributed by atoms with Crippen molar-refractivity contribution in [2.24, 2.45) is 0 Å². The second kappa shape index (κ2) is 9.79. The Labute approximate surface area is 198 Å². The molecular formula is C24H28ClN3O5. The van der Waals surface area contributed by atoms with E-state index in [4.69, 9.17) is 25.8 Å². The molecule has 2 amide bonds. The van der Waals surface area contributed by atoms with Crippen molar-refractivity contribution in [2.75, 3.05) is 39.2 Å². The number of amides is 2. The first-order valence-electron chi connectivity index (χ1n) is 11.0. The fraction of sp³-hybridized carbons (Fsp3) is 0.417. The molecule has 4 rings (SSSR count). The van der Waals surface area contributed by atoms with Gasteiger partial charge in [0.1, 0.15) is 17.7 Å². The van der Waals surface area contributed by atoms with Gasteiger partial charge < -0.3 is 29.3 Å². The number of halogens is 1. The van der Waals surface area contributed by atoms with Gasteiger partial charge in [-0.1, -0.05) is 29.8 Å². The number of methoxy groups -OCH3 is 2. The van der Waals surface area contributed by atoms with Crippen LogP contribution in [0.25, 0.3) is 0 Å². The topological polar surface area (TPSA) is 80.3 Å². The zero-order valence-corrected chi connectivity index (χ0v) is 19.7. The van der Waals surface area contributed by atoms with Crippen molar-refractivity contribution in [3.8, 4) is 11.5 Å². The molecule has 2 aliphatic heterocycles. The molecule has 33 heavy (non-hydrogen) atoms. The van der Waals surface area contributed by atoms with Crippen LogP contribution in [0.4, 0.5) is 10.5 Å². The summed E-state index contributed by atoms with van der Waals surface area (Å²) in [5, 5.41) is 3.91. The number of hydrogen-bond acceptors (Lipinski definition) is 6. The van der Waals surface area contributed by atoms with Gasteiger partial charge >= 0.3 is 6.09 Å². The SMILES string of the molecule is CCOC(=O)N1CCC(N2C(=O)c3ccccc3[C@H]2Nc2cc(Cl)c(OC)cc2OC)CC1. The zero-order valence-electron chi connectivity index (χ0n) is 19.0. The second-order valence-corrected chi connectivity index (χ2v) is 8.36. The average Bonchev–Trinajstić information content (AvgIpc) is 3.11. The number of benzene rings is 2. The van der Waals surface area contributed by atoms with Crippen LogP contribution in [0.15, 0.2) is 36.4 Å². The molecule has 0 aliphatic carbocycles. The highest BCUT2D eigenvalue weighted by Crippen LogP contribution is 2.42. The molecule has 2 heterocycles. The molecule has 0 unspecified atom stereocenters. The summed E-state index contributed by atoms with van der Waals surface area (Å²) in [6.45, 7) is 3.21. The first-order chi connectivity index (χ1) is 16.0. The Morgan fingerprint density at radius 2 is 1.82 bits per heavy atom. The van der Waals surface area contributed by atoms with E-state index in [-0.39, 0.29) is 18.0 Å². The molecule has 1 atom stereocenters. The fourth-order valence-electron chi connectivity index (χ4n) is 4.52. The van der Waals surface area contributed by atoms with Crippen LogP contribution in [0.3, 0.4) is 0 Å². The Bertz CT molecular complexity index is 1040. The number of hydrogen-bond donors (Lipinski definition) is 1. The lowest BCUT2D eigenvalue weighted by Crippen LogP contribution is -2.49. The highest BCUT2D eigenvalue weighted by Gasteiger charge is 2.42. The van der Waals surface area contributed by atoms with E-state index < -0.39 is 6.17 Å². The molecule has 0 spiro atoms. The van der Waals surface area contributed by atoms with Gasteiger partial charge in [0.15, 0.2) is 0 Å². The third kappa shape index (κ3) is 4.39. The summed E-state index contributed by atoms with van der Waals surface area (Å²) in [5.41, 5.74) is 2.22. The van der Waals surface area contributed by atoms with Crippen molar-refractivity contribution >= 4 is 29.3 Å². The molecule has 1 fully saturated rings. The number of nitrogens with one attached hydrogen (secondary N) is 1. The van der Waals surface area contributed by atoms with E-state index in [2.05, 4.69) is 5.32 Å². The highest BCUT2D eigenvalue weighted by molar-refractivity contribution is 6.32. The molecule has 0 aromatic heterocycles. The van der Waals surface area contributed by atoms with Crippen LogP contribution in [-0.2, 0) is 4.74 Å². The van der Waals surface area contributed by atoms with E-state index in [1.165, 1.54) is 0 Å². The van der Waals surface area contributed by atoms with Gasteiger partial charge in [-0.2, -0.15) is 0 Å². The van der Waals surface area contributed by atoms with Crippen molar-refractivity contribution in [2.45, 2.75) is 32.0 Å². The van der Waals surface area contributed by atoms with Crippen molar-refractivity contribution in [1.82, 2.24) is 9.80 Å². The number of likely N-dealkylation sites (tertiary alicyclic amines) is 1. The molecule has 2 aromatic carbocycles. The van der Waals surface area contributed by atoms with Gasteiger partial charge in [0.2, 0.25) is 0 Å². The van der Waals surface area contributed by atoms with Crippen LogP contribution in [0, 0.1) is 0 Å². The fourth-order valence-corrected chi connectivity index (χ4v) is 4.76. The predicted octanol–water partition coefficient (Wildman–Crippen LogP) is 4.54. The van der Waals surface area contributed by atoms with E-state index in [1.54, 1.807) is 38.2 Å². The predicted molar refractivity (Wildman–Crippen MR) is 125 cm³/mol. The first kappa shape index (κ1) is 23.0. The molecule has 1 saturated heterocycles. The van der Waals surface area contributed by atoms with Crippen molar-refractivity contribution < 1.29 is 23.8 Å². The van der Waals surface area contributed by atoms with Gasteiger partial charge in [0.25, 0.3) is 5.91 Å². The summed E-state index contributed by atoms with van der Waals surface area (Å²) in [6.07, 6.45) is 0.625. The lowest BCUT2D eigenvalue weighted by atomic mass is 10.0. The molecule has 2 aliphatic rings. The monoisotopic (exact) mass is 473 g/mol. The van der Waals surface area contributed by atoms with E-state index in [0.717, 1.165) is 5.56 Å². The highest BCUT2D eigenvalue weighted by atomic mass is 35.5. The summed E-state index contributed by atoms with van der Waals surface area (Å²) in [4.78, 5) is 29.1. The minimum atomic E-state index is -0.397. The Hall–Kier alpha value is -3.13. The summed E-state index contributed by atoms with van der Waals surface area (Å²) in [6, 6.07) is 11.0. The second-order valence-electron chi connectivity index (χ2n) is 7.95. The first-order valence-corrected chi connectivity index (χ1v) is 11.4. The number of ether oxygens (including phenoxy) is 3. The molecule has 0 saturated carbocycles. The number of anilines is 1. The Kier molecular flexibility index (Phi) is 6.83. The van der Waals surface area contributed by atoms with Crippen molar-refractivity contribution in [3.63, 3.8) is 0 Å². The largest absolute Gasteiger partial charge is 0.495 e. The van der Waals surface area contributed by atoms with E-state index >= 15 is 0 Å². The normalized spacial score (nSPS) is 18.2. The molecule has 1 N–H and O–H groups in total. The Morgan fingerprint density at radius 1 is 1.12 bits per heavy atom. The molecule has 176 valence electrons. The number of nitrogens with zero attached hydrogens (tertiary/aromatic N) is 2. The Balaban J connectivity index is 1.62. The molecule has 0 bridgehead atoms. The molecule has 0 radical (unpaired) electrons. The number of fused-ring (bicyclic) bond motifs is 1. The minimum absolute atomic E-state index is 0.0312. The maximum atomic E-state index is 13.4. The maximum Gasteiger partial charge on any atom is 0.409 e. The lowest BCUT2D eigenvalue weighted by Gasteiger charge is -2.39. The molecule has 2 aromatic rings. The van der Waals surface area contributed by atoms with Gasteiger partial charge in [-0.05, 0) is 31.9 Å². The van der Waals surface area contributed by atoms with Crippen molar-refractivity contribution in [1.29, 1.82) is 0 Å². The number of carbonyl (C=O) groups excluding carboxylic acids is 2. The van der Waals surface area contributed by atoms with E-state index in [1.807, 2.05) is 29.2 Å². The third-order valence-electron chi connectivity index (χ3n) is 6.15. The van der Waals surface area contributed by atoms with Crippen LogP contribution in [-0.4, -0.2) is 61.8 Å². The van der Waals surface area contributed by atoms with E-state index in [9.17, 15) is 9.59 Å². The third-order valence-corrected chi connectivity index (χ3v) is 6.44. The lowest BCUT2D eigenvalue weighted by molar-refractivity contribution is 0.0496. The number of rotatable bonds is 6. The van der Waals surface area contributed by atoms with Crippen LogP contribution in [0.1, 0.15) is 41.9 Å². The number of carbonyl (C=O) groups is 2. The molecule has 9 heteroatoms. The standard InChI is InChI=1S/C24H28ClN3O5/c1-4-33-24(30)27-11-9-15(10-12-27)28-22(16-7-5-6-8-17(16)23(28)29)26-19-13-18(25)20(31-2)14-21(19)32-3/h5-8,13-15,22,26H,4,9-12H2,1-3H3/t22-/m0/s1. The van der Waals surface area contributed by atoms with Gasteiger partial charge in [-0.3, -0.25) is 4.79 Å². The summed E-state index contributed by atoms with van der Waals surface area (Å²) in [5.74, 6) is 1.03. The summed E-state index contributed by atoms with van der Waals surface area (Å²) >= 11 is 6.38. The van der Waals surface area contributed by atoms with Crippen LogP contribution in [0.5, 0.6) is 11.5 Å². The maximum absolute atomic E-state index is 13.4. The van der Waals surface area contributed by atoms with E-state index in [0.29, 0.717) is 60.3 Å². The average molecular weight is 474 g/mol. The smallest absolute Gasteiger partial charge is 0.409 e. The van der Waals surface area contributed by atoms with Crippen molar-refractivity contribution in [3.05, 3.63) is 52.5 Å². The van der Waals surface area contributed by atoms with Gasteiger partial charge in [-0.25, -0.2) is 4.79 Å². The Morgan fingerprint density at radius 3 is 2.48 bits per heavy atom. The van der Waals surface area contributed by atoms with Gasteiger partial charge in [0, 0.05) is 36.3 Å². The summed E-state index contributed by atoms with van der Waals surface area (Å²) < 4.78 is 16.0. The summed E-state index contributed by atoms with van der Waals surface area (Å²) in [7, 11) is 3.12. The van der Waals surface area contributed by atoms with Crippen LogP contribution < -0.4 is 14.8 Å². The quantitative estimate of drug-likeness (QED) is 0.663. The van der Waals surface area contributed by atoms with Gasteiger partial charge in [-0.15, -0.1) is 0 Å². The molecule has 8 nitrogen and oxygen atoms in total.